The number of nitrogens with one attached hydrogen (secondary N) is 2. The van der Waals surface area contributed by atoms with Gasteiger partial charge in [0.25, 0.3) is 5.91 Å². The summed E-state index contributed by atoms with van der Waals surface area (Å²) in [6, 6.07) is 4.06. The zero-order valence-electron chi connectivity index (χ0n) is 27.4. The Morgan fingerprint density at radius 2 is 1.81 bits per heavy atom. The van der Waals surface area contributed by atoms with E-state index in [1.165, 1.54) is 24.8 Å². The van der Waals surface area contributed by atoms with Crippen molar-refractivity contribution in [2.45, 2.75) is 83.0 Å². The van der Waals surface area contributed by atoms with Crippen LogP contribution in [0.25, 0.3) is 16.8 Å². The van der Waals surface area contributed by atoms with E-state index in [4.69, 9.17) is 15.5 Å². The van der Waals surface area contributed by atoms with E-state index in [0.717, 1.165) is 24.4 Å². The van der Waals surface area contributed by atoms with Gasteiger partial charge in [0, 0.05) is 57.1 Å². The van der Waals surface area contributed by atoms with Gasteiger partial charge in [-0.25, -0.2) is 24.4 Å². The Hall–Kier alpha value is -4.70. The number of fused-ring (bicyclic) bond motifs is 3. The molecule has 2 bridgehead atoms. The number of nitrogens with two attached hydrogens (primary N) is 1. The maximum Gasteiger partial charge on any atom is 0.320 e. The first-order valence-corrected chi connectivity index (χ1v) is 19.6. The van der Waals surface area contributed by atoms with Crippen LogP contribution in [0.1, 0.15) is 65.2 Å². The Kier molecular flexibility index (Phi) is 8.80. The smallest absolute Gasteiger partial charge is 0.320 e. The van der Waals surface area contributed by atoms with E-state index in [0.29, 0.717) is 47.7 Å². The SMILES string of the molecule is CNC(=O)Nc1ccc(-c2cnn3c(N)c(C(C)=O)c(C4CC5CC[C@@H](C4)N5C(=O)c4ncnn4COCC[Si](C)(C)C)nc23)cn1. The van der Waals surface area contributed by atoms with E-state index in [-0.39, 0.29) is 54.1 Å². The van der Waals surface area contributed by atoms with Gasteiger partial charge in [-0.1, -0.05) is 19.6 Å². The fourth-order valence-electron chi connectivity index (χ4n) is 6.60. The number of nitrogen functional groups attached to an aromatic ring is 1. The molecule has 0 aromatic carbocycles. The maximum absolute atomic E-state index is 13.9. The van der Waals surface area contributed by atoms with Crippen LogP contribution in [0.2, 0.25) is 25.7 Å². The Morgan fingerprint density at radius 1 is 1.06 bits per heavy atom. The first-order chi connectivity index (χ1) is 22.4. The number of ketones is 1. The molecule has 0 aliphatic carbocycles. The van der Waals surface area contributed by atoms with E-state index >= 15 is 0 Å². The average molecular weight is 660 g/mol. The summed E-state index contributed by atoms with van der Waals surface area (Å²) in [7, 11) is 0.284. The van der Waals surface area contributed by atoms with Gasteiger partial charge in [-0.3, -0.25) is 14.9 Å². The number of anilines is 2. The lowest BCUT2D eigenvalue weighted by Crippen LogP contribution is -2.47. The fraction of sp³-hybridized carbons (Fsp3) is 0.484. The van der Waals surface area contributed by atoms with E-state index in [1.807, 2.05) is 11.0 Å². The van der Waals surface area contributed by atoms with Crippen molar-refractivity contribution in [3.05, 3.63) is 47.9 Å². The van der Waals surface area contributed by atoms with Crippen molar-refractivity contribution in [1.29, 1.82) is 0 Å². The molecule has 4 aromatic rings. The molecule has 0 radical (unpaired) electrons. The number of piperidine rings is 1. The van der Waals surface area contributed by atoms with Crippen LogP contribution in [0.3, 0.4) is 0 Å². The monoisotopic (exact) mass is 659 g/mol. The van der Waals surface area contributed by atoms with Crippen molar-refractivity contribution >= 4 is 43.1 Å². The number of rotatable bonds is 10. The van der Waals surface area contributed by atoms with Gasteiger partial charge in [0.2, 0.25) is 5.82 Å². The molecule has 15 nitrogen and oxygen atoms in total. The molecule has 6 rings (SSSR count). The first-order valence-electron chi connectivity index (χ1n) is 15.9. The molecular formula is C31H41N11O4Si. The highest BCUT2D eigenvalue weighted by atomic mass is 28.3. The molecule has 2 aliphatic rings. The molecule has 0 saturated carbocycles. The van der Waals surface area contributed by atoms with E-state index < -0.39 is 8.07 Å². The molecule has 6 heterocycles. The lowest BCUT2D eigenvalue weighted by molar-refractivity contribution is 0.0489. The molecule has 3 amide bonds. The molecular weight excluding hydrogens is 619 g/mol. The van der Waals surface area contributed by atoms with Gasteiger partial charge >= 0.3 is 6.03 Å². The summed E-state index contributed by atoms with van der Waals surface area (Å²) < 4.78 is 8.89. The second kappa shape index (κ2) is 12.8. The summed E-state index contributed by atoms with van der Waals surface area (Å²) in [5, 5.41) is 13.9. The number of hydrogen-bond acceptors (Lipinski definition) is 10. The number of carbonyl (C=O) groups excluding carboxylic acids is 3. The van der Waals surface area contributed by atoms with Crippen molar-refractivity contribution in [1.82, 2.24) is 44.6 Å². The molecule has 2 saturated heterocycles. The van der Waals surface area contributed by atoms with Gasteiger partial charge in [-0.15, -0.1) is 0 Å². The van der Waals surface area contributed by atoms with Crippen molar-refractivity contribution in [2.24, 2.45) is 0 Å². The van der Waals surface area contributed by atoms with Crippen LogP contribution >= 0.6 is 0 Å². The van der Waals surface area contributed by atoms with Crippen LogP contribution in [0.5, 0.6) is 0 Å². The first kappa shape index (κ1) is 32.2. The van der Waals surface area contributed by atoms with Crippen LogP contribution in [0.15, 0.2) is 30.9 Å². The summed E-state index contributed by atoms with van der Waals surface area (Å²) in [5.41, 5.74) is 9.50. The van der Waals surface area contributed by atoms with E-state index in [9.17, 15) is 14.4 Å². The van der Waals surface area contributed by atoms with Crippen molar-refractivity contribution in [3.8, 4) is 11.1 Å². The van der Waals surface area contributed by atoms with Crippen LogP contribution in [-0.4, -0.2) is 90.8 Å². The molecule has 2 fully saturated rings. The van der Waals surface area contributed by atoms with Gasteiger partial charge < -0.3 is 20.7 Å². The Morgan fingerprint density at radius 3 is 2.45 bits per heavy atom. The van der Waals surface area contributed by atoms with Crippen molar-refractivity contribution in [3.63, 3.8) is 0 Å². The lowest BCUT2D eigenvalue weighted by atomic mass is 9.85. The number of urea groups is 1. The molecule has 248 valence electrons. The normalized spacial score (nSPS) is 19.3. The van der Waals surface area contributed by atoms with Gasteiger partial charge in [0.05, 0.1) is 17.5 Å². The van der Waals surface area contributed by atoms with Gasteiger partial charge in [0.1, 0.15) is 24.7 Å². The second-order valence-electron chi connectivity index (χ2n) is 13.4. The standard InChI is InChI=1S/C31H41N11O4Si/c1-18(43)25-26(39-28-23(15-36-42(28)27(25)32)19-6-9-24(34-14-19)38-31(45)33-2)20-12-21-7-8-22(13-20)41(21)30(44)29-35-16-37-40(29)17-46-10-11-47(3,4)5/h6,9,14-16,20-22H,7-8,10-13,17,32H2,1-5H3,(H2,33,34,38,45)/t20?,21-,22?/m0/s1. The van der Waals surface area contributed by atoms with Crippen LogP contribution < -0.4 is 16.4 Å². The zero-order chi connectivity index (χ0) is 33.5. The van der Waals surface area contributed by atoms with Crippen molar-refractivity contribution in [2.75, 3.05) is 24.7 Å². The summed E-state index contributed by atoms with van der Waals surface area (Å²) in [6.07, 6.45) is 7.63. The summed E-state index contributed by atoms with van der Waals surface area (Å²) in [6.45, 7) is 9.17. The highest BCUT2D eigenvalue weighted by Gasteiger charge is 2.46. The quantitative estimate of drug-likeness (QED) is 0.128. The molecule has 16 heteroatoms. The minimum absolute atomic E-state index is 0.0442. The lowest BCUT2D eigenvalue weighted by Gasteiger charge is -2.39. The number of ether oxygens (including phenoxy) is 1. The predicted molar refractivity (Wildman–Crippen MR) is 178 cm³/mol. The summed E-state index contributed by atoms with van der Waals surface area (Å²) in [5.74, 6) is 0.449. The largest absolute Gasteiger partial charge is 0.383 e. The zero-order valence-corrected chi connectivity index (χ0v) is 28.4. The predicted octanol–water partition coefficient (Wildman–Crippen LogP) is 3.78. The Labute approximate surface area is 273 Å². The Bertz CT molecular complexity index is 1800. The van der Waals surface area contributed by atoms with Gasteiger partial charge in [-0.05, 0) is 50.8 Å². The molecule has 2 unspecified atom stereocenters. The van der Waals surface area contributed by atoms with Crippen LogP contribution in [-0.2, 0) is 11.5 Å². The highest BCUT2D eigenvalue weighted by Crippen LogP contribution is 2.45. The van der Waals surface area contributed by atoms with Gasteiger partial charge in [-0.2, -0.15) is 14.7 Å². The van der Waals surface area contributed by atoms with Crippen LogP contribution in [0, 0.1) is 0 Å². The molecule has 4 aromatic heterocycles. The number of pyridine rings is 1. The van der Waals surface area contributed by atoms with Crippen molar-refractivity contribution < 1.29 is 19.1 Å². The third-order valence-corrected chi connectivity index (χ3v) is 10.7. The third-order valence-electron chi connectivity index (χ3n) is 8.98. The molecule has 2 aliphatic heterocycles. The maximum atomic E-state index is 13.9. The molecule has 0 spiro atoms. The summed E-state index contributed by atoms with van der Waals surface area (Å²) in [4.78, 5) is 54.2. The fourth-order valence-corrected chi connectivity index (χ4v) is 7.36. The van der Waals surface area contributed by atoms with E-state index in [2.05, 4.69) is 50.4 Å². The van der Waals surface area contributed by atoms with Gasteiger partial charge in [0.15, 0.2) is 11.4 Å². The van der Waals surface area contributed by atoms with Crippen LogP contribution in [0.4, 0.5) is 16.4 Å². The summed E-state index contributed by atoms with van der Waals surface area (Å²) >= 11 is 0. The third kappa shape index (κ3) is 6.47. The number of carbonyl (C=O) groups is 3. The second-order valence-corrected chi connectivity index (χ2v) is 19.1. The minimum Gasteiger partial charge on any atom is -0.383 e. The number of hydrogen-bond donors (Lipinski definition) is 3. The number of amides is 3. The number of Topliss-reactive ketones (excluding diaryl/α,β-unsaturated/α-hetero) is 1. The molecule has 3 atom stereocenters. The minimum atomic E-state index is -1.24. The molecule has 4 N–H and O–H groups in total. The average Bonchev–Trinajstić information content (AvgIpc) is 3.74. The van der Waals surface area contributed by atoms with E-state index in [1.54, 1.807) is 23.1 Å². The Balaban J connectivity index is 1.25. The molecule has 47 heavy (non-hydrogen) atoms. The number of nitrogens with zero attached hydrogens (tertiary/aromatic N) is 8. The number of aromatic nitrogens is 7. The topological polar surface area (TPSA) is 188 Å². The highest BCUT2D eigenvalue weighted by molar-refractivity contribution is 6.76.